The van der Waals surface area contributed by atoms with E-state index >= 15 is 0 Å². The van der Waals surface area contributed by atoms with Crippen LogP contribution in [0.1, 0.15) is 0 Å². The topological polar surface area (TPSA) is 69.2 Å². The average Bonchev–Trinajstić information content (AvgIpc) is 2.47. The van der Waals surface area contributed by atoms with Gasteiger partial charge in [0.1, 0.15) is 10.1 Å². The second-order valence-corrected chi connectivity index (χ2v) is 5.95. The molecule has 106 valence electrons. The van der Waals surface area contributed by atoms with Gasteiger partial charge in [-0.3, -0.25) is 0 Å². The summed E-state index contributed by atoms with van der Waals surface area (Å²) < 4.78 is 34.0. The summed E-state index contributed by atoms with van der Waals surface area (Å²) in [5.74, 6) is 0. The Kier molecular flexibility index (Phi) is 3.37. The van der Waals surface area contributed by atoms with Gasteiger partial charge in [-0.05, 0) is 24.3 Å². The summed E-state index contributed by atoms with van der Waals surface area (Å²) in [7, 11) is -4.50. The molecule has 3 aromatic carbocycles. The minimum absolute atomic E-state index is 0.197. The maximum Gasteiger partial charge on any atom is 0.125 e. The molecule has 5 heteroatoms. The maximum atomic E-state index is 11.3. The largest absolute Gasteiger partial charge is 0.744 e. The molecule has 0 saturated carbocycles. The fraction of sp³-hybridized carbons (Fsp3) is 0. The zero-order chi connectivity index (χ0) is 14.9. The molecule has 0 aromatic heterocycles. The van der Waals surface area contributed by atoms with E-state index in [2.05, 4.69) is 5.32 Å². The Morgan fingerprint density at radius 1 is 0.762 bits per heavy atom. The van der Waals surface area contributed by atoms with E-state index in [0.29, 0.717) is 10.8 Å². The Bertz CT molecular complexity index is 890. The van der Waals surface area contributed by atoms with Gasteiger partial charge in [-0.25, -0.2) is 8.42 Å². The SMILES string of the molecule is O=S(=O)([O-])c1ccc(Nc2ccccc2)c2ccccc12. The highest BCUT2D eigenvalue weighted by molar-refractivity contribution is 7.86. The monoisotopic (exact) mass is 298 g/mol. The van der Waals surface area contributed by atoms with E-state index in [-0.39, 0.29) is 4.90 Å². The lowest BCUT2D eigenvalue weighted by Crippen LogP contribution is -2.01. The minimum atomic E-state index is -4.50. The fourth-order valence-corrected chi connectivity index (χ4v) is 2.96. The molecular formula is C16H12NO3S-. The molecule has 3 rings (SSSR count). The molecule has 21 heavy (non-hydrogen) atoms. The van der Waals surface area contributed by atoms with Crippen LogP contribution in [0.15, 0.2) is 71.6 Å². The molecular weight excluding hydrogens is 286 g/mol. The summed E-state index contributed by atoms with van der Waals surface area (Å²) in [6.07, 6.45) is 0. The van der Waals surface area contributed by atoms with Gasteiger partial charge < -0.3 is 9.87 Å². The molecule has 3 aromatic rings. The second-order valence-electron chi connectivity index (χ2n) is 4.60. The molecule has 0 aliphatic rings. The summed E-state index contributed by atoms with van der Waals surface area (Å²) >= 11 is 0. The summed E-state index contributed by atoms with van der Waals surface area (Å²) in [6.45, 7) is 0. The third-order valence-electron chi connectivity index (χ3n) is 3.21. The number of rotatable bonds is 3. The Morgan fingerprint density at radius 2 is 1.38 bits per heavy atom. The van der Waals surface area contributed by atoms with Crippen molar-refractivity contribution in [1.29, 1.82) is 0 Å². The number of hydrogen-bond acceptors (Lipinski definition) is 4. The quantitative estimate of drug-likeness (QED) is 0.751. The fourth-order valence-electron chi connectivity index (χ4n) is 2.28. The van der Waals surface area contributed by atoms with E-state index < -0.39 is 10.1 Å². The summed E-state index contributed by atoms with van der Waals surface area (Å²) in [5, 5.41) is 4.35. The van der Waals surface area contributed by atoms with Crippen molar-refractivity contribution in [2.75, 3.05) is 5.32 Å². The minimum Gasteiger partial charge on any atom is -0.744 e. The predicted molar refractivity (Wildman–Crippen MR) is 81.6 cm³/mol. The van der Waals surface area contributed by atoms with Crippen LogP contribution in [0.3, 0.4) is 0 Å². The van der Waals surface area contributed by atoms with Crippen molar-refractivity contribution in [3.05, 3.63) is 66.7 Å². The number of anilines is 2. The van der Waals surface area contributed by atoms with E-state index in [1.807, 2.05) is 30.3 Å². The lowest BCUT2D eigenvalue weighted by atomic mass is 10.1. The Balaban J connectivity index is 2.18. The summed E-state index contributed by atoms with van der Waals surface area (Å²) in [5.41, 5.74) is 1.64. The van der Waals surface area contributed by atoms with Gasteiger partial charge in [0.25, 0.3) is 0 Å². The van der Waals surface area contributed by atoms with Crippen LogP contribution in [0.4, 0.5) is 11.4 Å². The number of nitrogens with one attached hydrogen (secondary N) is 1. The lowest BCUT2D eigenvalue weighted by Gasteiger charge is -2.15. The number of hydrogen-bond donors (Lipinski definition) is 1. The molecule has 0 amide bonds. The van der Waals surface area contributed by atoms with Crippen LogP contribution in [-0.2, 0) is 10.1 Å². The van der Waals surface area contributed by atoms with Crippen LogP contribution >= 0.6 is 0 Å². The molecule has 0 saturated heterocycles. The van der Waals surface area contributed by atoms with Crippen LogP contribution in [-0.4, -0.2) is 13.0 Å². The van der Waals surface area contributed by atoms with Gasteiger partial charge in [-0.15, -0.1) is 0 Å². The molecule has 1 N–H and O–H groups in total. The van der Waals surface area contributed by atoms with E-state index in [9.17, 15) is 13.0 Å². The van der Waals surface area contributed by atoms with E-state index in [1.54, 1.807) is 30.3 Å². The van der Waals surface area contributed by atoms with Crippen molar-refractivity contribution in [3.63, 3.8) is 0 Å². The van der Waals surface area contributed by atoms with Crippen molar-refractivity contribution >= 4 is 32.3 Å². The van der Waals surface area contributed by atoms with Gasteiger partial charge in [-0.1, -0.05) is 42.5 Å². The van der Waals surface area contributed by atoms with Crippen molar-refractivity contribution in [1.82, 2.24) is 0 Å². The molecule has 0 aliphatic carbocycles. The highest BCUT2D eigenvalue weighted by atomic mass is 32.2. The van der Waals surface area contributed by atoms with Crippen LogP contribution in [0, 0.1) is 0 Å². The highest BCUT2D eigenvalue weighted by Gasteiger charge is 2.10. The van der Waals surface area contributed by atoms with Gasteiger partial charge in [-0.2, -0.15) is 0 Å². The summed E-state index contributed by atoms with van der Waals surface area (Å²) in [4.78, 5) is -0.197. The summed E-state index contributed by atoms with van der Waals surface area (Å²) in [6, 6.07) is 19.4. The Morgan fingerprint density at radius 3 is 2.05 bits per heavy atom. The van der Waals surface area contributed by atoms with Crippen LogP contribution in [0.5, 0.6) is 0 Å². The molecule has 0 unspecified atom stereocenters. The third kappa shape index (κ3) is 2.74. The van der Waals surface area contributed by atoms with Gasteiger partial charge in [0.05, 0.1) is 4.90 Å². The van der Waals surface area contributed by atoms with E-state index in [0.717, 1.165) is 11.4 Å². The number of fused-ring (bicyclic) bond motifs is 1. The van der Waals surface area contributed by atoms with Gasteiger partial charge in [0.2, 0.25) is 0 Å². The van der Waals surface area contributed by atoms with Crippen molar-refractivity contribution in [2.24, 2.45) is 0 Å². The average molecular weight is 298 g/mol. The molecule has 0 aliphatic heterocycles. The molecule has 0 spiro atoms. The second kappa shape index (κ2) is 5.20. The molecule has 4 nitrogen and oxygen atoms in total. The van der Waals surface area contributed by atoms with Crippen LogP contribution in [0.25, 0.3) is 10.8 Å². The number of para-hydroxylation sites is 1. The smallest absolute Gasteiger partial charge is 0.125 e. The zero-order valence-corrected chi connectivity index (χ0v) is 11.8. The first-order chi connectivity index (χ1) is 10.1. The van der Waals surface area contributed by atoms with E-state index in [4.69, 9.17) is 0 Å². The molecule has 0 fully saturated rings. The van der Waals surface area contributed by atoms with Gasteiger partial charge >= 0.3 is 0 Å². The normalized spacial score (nSPS) is 11.5. The van der Waals surface area contributed by atoms with Gasteiger partial charge in [0, 0.05) is 22.1 Å². The first-order valence-corrected chi connectivity index (χ1v) is 7.76. The molecule has 0 heterocycles. The van der Waals surface area contributed by atoms with Crippen LogP contribution in [0.2, 0.25) is 0 Å². The predicted octanol–water partition coefficient (Wildman–Crippen LogP) is 3.49. The first kappa shape index (κ1) is 13.6. The molecule has 0 atom stereocenters. The van der Waals surface area contributed by atoms with E-state index in [1.165, 1.54) is 6.07 Å². The van der Waals surface area contributed by atoms with Crippen LogP contribution < -0.4 is 5.32 Å². The first-order valence-electron chi connectivity index (χ1n) is 6.35. The molecule has 0 radical (unpaired) electrons. The highest BCUT2D eigenvalue weighted by Crippen LogP contribution is 2.31. The zero-order valence-electron chi connectivity index (χ0n) is 11.0. The van der Waals surface area contributed by atoms with Gasteiger partial charge in [0.15, 0.2) is 0 Å². The van der Waals surface area contributed by atoms with Crippen molar-refractivity contribution < 1.29 is 13.0 Å². The molecule has 0 bridgehead atoms. The Hall–Kier alpha value is -2.37. The van der Waals surface area contributed by atoms with Crippen molar-refractivity contribution in [3.8, 4) is 0 Å². The lowest BCUT2D eigenvalue weighted by molar-refractivity contribution is 0.464. The Labute approximate surface area is 122 Å². The number of benzene rings is 3. The maximum absolute atomic E-state index is 11.3. The third-order valence-corrected chi connectivity index (χ3v) is 4.10. The standard InChI is InChI=1S/C16H13NO3S/c18-21(19,20)16-11-10-15(13-8-4-5-9-14(13)16)17-12-6-2-1-3-7-12/h1-11,17H,(H,18,19,20)/p-1. The van der Waals surface area contributed by atoms with Crippen molar-refractivity contribution in [2.45, 2.75) is 4.90 Å².